The molecule has 3 unspecified atom stereocenters. The first kappa shape index (κ1) is 28.5. The van der Waals surface area contributed by atoms with Gasteiger partial charge in [-0.2, -0.15) is 0 Å². The van der Waals surface area contributed by atoms with Gasteiger partial charge in [-0.25, -0.2) is 18.0 Å². The molecule has 0 radical (unpaired) electrons. The Hall–Kier alpha value is -2.77. The molecule has 1 aliphatic rings. The zero-order valence-corrected chi connectivity index (χ0v) is 20.5. The monoisotopic (exact) mass is 498 g/mol. The number of piperidine rings is 1. The summed E-state index contributed by atoms with van der Waals surface area (Å²) in [6, 6.07) is -0.247. The van der Waals surface area contributed by atoms with E-state index >= 15 is 0 Å². The molecule has 194 valence electrons. The van der Waals surface area contributed by atoms with E-state index in [0.717, 1.165) is 6.07 Å². The number of likely N-dealkylation sites (tertiary alicyclic amines) is 1. The average molecular weight is 499 g/mol. The van der Waals surface area contributed by atoms with Crippen molar-refractivity contribution >= 4 is 12.0 Å². The minimum Gasteiger partial charge on any atom is -0.444 e. The fourth-order valence-electron chi connectivity index (χ4n) is 3.95. The van der Waals surface area contributed by atoms with E-state index in [1.54, 1.807) is 27.7 Å². The van der Waals surface area contributed by atoms with Crippen LogP contribution >= 0.6 is 0 Å². The first-order chi connectivity index (χ1) is 16.5. The van der Waals surface area contributed by atoms with Crippen LogP contribution in [-0.2, 0) is 19.0 Å². The number of alkyl carbamates (subject to hydrolysis) is 1. The normalized spacial score (nSPS) is 20.5. The van der Waals surface area contributed by atoms with Crippen LogP contribution in [0.1, 0.15) is 52.0 Å². The molecule has 7 nitrogen and oxygen atoms in total. The van der Waals surface area contributed by atoms with Crippen LogP contribution in [0, 0.1) is 29.8 Å². The zero-order chi connectivity index (χ0) is 26.2. The van der Waals surface area contributed by atoms with Gasteiger partial charge < -0.3 is 24.4 Å². The first-order valence-corrected chi connectivity index (χ1v) is 11.5. The number of rotatable bonds is 10. The highest BCUT2D eigenvalue weighted by molar-refractivity contribution is 5.87. The molecule has 2 amide bonds. The van der Waals surface area contributed by atoms with Crippen LogP contribution < -0.4 is 5.32 Å². The highest BCUT2D eigenvalue weighted by atomic mass is 19.2. The Kier molecular flexibility index (Phi) is 10.4. The molecule has 0 aromatic heterocycles. The molecule has 0 bridgehead atoms. The number of nitrogens with zero attached hydrogens (tertiary/aromatic N) is 1. The SMILES string of the molecule is C#CCOCCCOCCN1C(=O)C(NC(=O)OC(C)(C)C)CC(c2c(F)ccc(F)c2F)C1C. The molecule has 2 rings (SSSR count). The fourth-order valence-corrected chi connectivity index (χ4v) is 3.95. The van der Waals surface area contributed by atoms with Gasteiger partial charge in [0.15, 0.2) is 11.6 Å². The lowest BCUT2D eigenvalue weighted by molar-refractivity contribution is -0.140. The Balaban J connectivity index is 2.18. The molecular weight excluding hydrogens is 465 g/mol. The lowest BCUT2D eigenvalue weighted by atomic mass is 9.81. The van der Waals surface area contributed by atoms with Crippen LogP contribution in [-0.4, -0.2) is 67.6 Å². The summed E-state index contributed by atoms with van der Waals surface area (Å²) in [5.74, 6) is -2.43. The van der Waals surface area contributed by atoms with Crippen molar-refractivity contribution in [2.45, 2.75) is 64.1 Å². The quantitative estimate of drug-likeness (QED) is 0.302. The smallest absolute Gasteiger partial charge is 0.408 e. The molecule has 1 aliphatic heterocycles. The van der Waals surface area contributed by atoms with Gasteiger partial charge in [0.1, 0.15) is 24.1 Å². The van der Waals surface area contributed by atoms with Crippen LogP contribution in [0.15, 0.2) is 12.1 Å². The maximum Gasteiger partial charge on any atom is 0.408 e. The molecule has 1 N–H and O–H groups in total. The van der Waals surface area contributed by atoms with Crippen LogP contribution in [0.25, 0.3) is 0 Å². The Labute approximate surface area is 204 Å². The minimum atomic E-state index is -1.31. The summed E-state index contributed by atoms with van der Waals surface area (Å²) in [6.45, 7) is 7.86. The van der Waals surface area contributed by atoms with Gasteiger partial charge in [-0.3, -0.25) is 4.79 Å². The lowest BCUT2D eigenvalue weighted by Crippen LogP contribution is -2.59. The number of ether oxygens (including phenoxy) is 3. The Morgan fingerprint density at radius 1 is 1.17 bits per heavy atom. The number of hydrogen-bond acceptors (Lipinski definition) is 5. The van der Waals surface area contributed by atoms with E-state index in [0.29, 0.717) is 25.7 Å². The molecule has 0 spiro atoms. The predicted octanol–water partition coefficient (Wildman–Crippen LogP) is 3.76. The summed E-state index contributed by atoms with van der Waals surface area (Å²) in [5, 5.41) is 2.49. The molecule has 1 aromatic rings. The summed E-state index contributed by atoms with van der Waals surface area (Å²) in [4.78, 5) is 26.9. The molecule has 1 fully saturated rings. The van der Waals surface area contributed by atoms with Gasteiger partial charge in [0.05, 0.1) is 13.2 Å². The van der Waals surface area contributed by atoms with Gasteiger partial charge in [-0.1, -0.05) is 5.92 Å². The van der Waals surface area contributed by atoms with Crippen LogP contribution in [0.2, 0.25) is 0 Å². The van der Waals surface area contributed by atoms with Crippen molar-refractivity contribution in [1.29, 1.82) is 0 Å². The van der Waals surface area contributed by atoms with Crippen molar-refractivity contribution in [3.05, 3.63) is 35.1 Å². The maximum absolute atomic E-state index is 14.7. The van der Waals surface area contributed by atoms with Crippen molar-refractivity contribution < 1.29 is 37.0 Å². The largest absolute Gasteiger partial charge is 0.444 e. The summed E-state index contributed by atoms with van der Waals surface area (Å²) in [5.41, 5.74) is -1.27. The molecule has 1 heterocycles. The van der Waals surface area contributed by atoms with E-state index in [4.69, 9.17) is 20.6 Å². The highest BCUT2D eigenvalue weighted by Gasteiger charge is 2.43. The van der Waals surface area contributed by atoms with E-state index in [9.17, 15) is 22.8 Å². The van der Waals surface area contributed by atoms with Gasteiger partial charge in [0.2, 0.25) is 5.91 Å². The van der Waals surface area contributed by atoms with Gasteiger partial charge >= 0.3 is 6.09 Å². The lowest BCUT2D eigenvalue weighted by Gasteiger charge is -2.43. The predicted molar refractivity (Wildman–Crippen MR) is 123 cm³/mol. The van der Waals surface area contributed by atoms with E-state index in [2.05, 4.69) is 11.2 Å². The van der Waals surface area contributed by atoms with E-state index < -0.39 is 58.6 Å². The van der Waals surface area contributed by atoms with Crippen molar-refractivity contribution in [2.24, 2.45) is 0 Å². The van der Waals surface area contributed by atoms with Crippen LogP contribution in [0.5, 0.6) is 0 Å². The first-order valence-electron chi connectivity index (χ1n) is 11.5. The van der Waals surface area contributed by atoms with Crippen molar-refractivity contribution in [3.8, 4) is 12.3 Å². The second-order valence-corrected chi connectivity index (χ2v) is 9.29. The van der Waals surface area contributed by atoms with E-state index in [1.165, 1.54) is 4.90 Å². The second-order valence-electron chi connectivity index (χ2n) is 9.29. The summed E-state index contributed by atoms with van der Waals surface area (Å²) in [6.07, 6.45) is 4.73. The Morgan fingerprint density at radius 2 is 1.83 bits per heavy atom. The molecule has 1 saturated heterocycles. The van der Waals surface area contributed by atoms with Crippen molar-refractivity contribution in [1.82, 2.24) is 10.2 Å². The average Bonchev–Trinajstić information content (AvgIpc) is 2.76. The number of halogens is 3. The van der Waals surface area contributed by atoms with Crippen LogP contribution in [0.4, 0.5) is 18.0 Å². The fraction of sp³-hybridized carbons (Fsp3) is 0.600. The summed E-state index contributed by atoms with van der Waals surface area (Å²) >= 11 is 0. The van der Waals surface area contributed by atoms with E-state index in [-0.39, 0.29) is 26.2 Å². The molecule has 10 heteroatoms. The maximum atomic E-state index is 14.7. The highest BCUT2D eigenvalue weighted by Crippen LogP contribution is 2.36. The molecule has 0 saturated carbocycles. The standard InChI is InChI=1S/C25H33F3N2O5/c1-6-11-33-12-7-13-34-14-10-30-16(2)17(21-18(26)8-9-19(27)22(21)28)15-20(23(30)31)29-24(32)35-25(3,4)5/h1,8-9,16-17,20H,7,10-15H2,2-5H3,(H,29,32). The number of nitrogens with one attached hydrogen (secondary N) is 1. The van der Waals surface area contributed by atoms with Crippen molar-refractivity contribution in [3.63, 3.8) is 0 Å². The van der Waals surface area contributed by atoms with Gasteiger partial charge in [-0.15, -0.1) is 6.42 Å². The molecule has 1 aromatic carbocycles. The third-order valence-electron chi connectivity index (χ3n) is 5.53. The number of amides is 2. The number of benzene rings is 1. The second kappa shape index (κ2) is 12.8. The van der Waals surface area contributed by atoms with Crippen molar-refractivity contribution in [2.75, 3.05) is 33.0 Å². The third kappa shape index (κ3) is 8.15. The zero-order valence-electron chi connectivity index (χ0n) is 20.5. The molecular formula is C25H33F3N2O5. The molecule has 0 aliphatic carbocycles. The summed E-state index contributed by atoms with van der Waals surface area (Å²) < 4.78 is 59.2. The van der Waals surface area contributed by atoms with Gasteiger partial charge in [0.25, 0.3) is 0 Å². The number of hydrogen-bond donors (Lipinski definition) is 1. The Morgan fingerprint density at radius 3 is 2.49 bits per heavy atom. The number of terminal acetylenes is 1. The Bertz CT molecular complexity index is 929. The minimum absolute atomic E-state index is 0.104. The number of carbonyl (C=O) groups is 2. The third-order valence-corrected chi connectivity index (χ3v) is 5.53. The molecule has 3 atom stereocenters. The summed E-state index contributed by atoms with van der Waals surface area (Å²) in [7, 11) is 0. The van der Waals surface area contributed by atoms with E-state index in [1.807, 2.05) is 0 Å². The number of carbonyl (C=O) groups excluding carboxylic acids is 2. The van der Waals surface area contributed by atoms with Crippen LogP contribution in [0.3, 0.4) is 0 Å². The van der Waals surface area contributed by atoms with Gasteiger partial charge in [-0.05, 0) is 52.7 Å². The topological polar surface area (TPSA) is 77.1 Å². The molecule has 35 heavy (non-hydrogen) atoms. The van der Waals surface area contributed by atoms with Gasteiger partial charge in [0, 0.05) is 30.7 Å².